The first-order chi connectivity index (χ1) is 8.31. The van der Waals surface area contributed by atoms with Crippen molar-refractivity contribution < 1.29 is 27.1 Å². The highest BCUT2D eigenvalue weighted by Gasteiger charge is 2.35. The van der Waals surface area contributed by atoms with Gasteiger partial charge in [-0.05, 0) is 19.1 Å². The third-order valence-corrected chi connectivity index (χ3v) is 2.15. The van der Waals surface area contributed by atoms with E-state index in [4.69, 9.17) is 0 Å². The molecule has 0 atom stereocenters. The van der Waals surface area contributed by atoms with Crippen LogP contribution < -0.4 is 0 Å². The van der Waals surface area contributed by atoms with Gasteiger partial charge in [0.25, 0.3) is 0 Å². The summed E-state index contributed by atoms with van der Waals surface area (Å²) >= 11 is 0. The summed E-state index contributed by atoms with van der Waals surface area (Å²) in [5.74, 6) is -2.17. The van der Waals surface area contributed by atoms with Crippen LogP contribution in [0.25, 0.3) is 6.08 Å². The molecule has 0 amide bonds. The van der Waals surface area contributed by atoms with Gasteiger partial charge in [-0.1, -0.05) is 12.7 Å². The summed E-state index contributed by atoms with van der Waals surface area (Å²) in [7, 11) is 0. The van der Waals surface area contributed by atoms with Crippen molar-refractivity contribution in [1.82, 2.24) is 0 Å². The lowest BCUT2D eigenvalue weighted by Gasteiger charge is -2.13. The quantitative estimate of drug-likeness (QED) is 0.613. The van der Waals surface area contributed by atoms with E-state index in [1.807, 2.05) is 0 Å². The minimum Gasteiger partial charge on any atom is -0.462 e. The van der Waals surface area contributed by atoms with Gasteiger partial charge in [0.15, 0.2) is 0 Å². The molecule has 6 heteroatoms. The second-order valence-electron chi connectivity index (χ2n) is 3.34. The van der Waals surface area contributed by atoms with E-state index in [0.717, 1.165) is 6.08 Å². The Hall–Kier alpha value is -1.85. The van der Waals surface area contributed by atoms with Gasteiger partial charge in [0, 0.05) is 5.56 Å². The van der Waals surface area contributed by atoms with E-state index in [9.17, 15) is 22.4 Å². The van der Waals surface area contributed by atoms with Crippen LogP contribution in [0.2, 0.25) is 0 Å². The molecule has 0 saturated carbocycles. The van der Waals surface area contributed by atoms with Crippen molar-refractivity contribution in [2.24, 2.45) is 0 Å². The first-order valence-electron chi connectivity index (χ1n) is 5.01. The first kappa shape index (κ1) is 14.2. The Morgan fingerprint density at radius 2 is 2.06 bits per heavy atom. The molecular weight excluding hydrogens is 252 g/mol. The minimum atomic E-state index is -4.77. The number of alkyl halides is 3. The van der Waals surface area contributed by atoms with Crippen molar-refractivity contribution in [3.8, 4) is 0 Å². The molecule has 0 saturated heterocycles. The maximum absolute atomic E-state index is 13.5. The summed E-state index contributed by atoms with van der Waals surface area (Å²) in [6, 6.07) is 1.25. The highest BCUT2D eigenvalue weighted by Crippen LogP contribution is 2.34. The Balaban J connectivity index is 3.40. The van der Waals surface area contributed by atoms with Gasteiger partial charge in [0.2, 0.25) is 0 Å². The summed E-state index contributed by atoms with van der Waals surface area (Å²) in [5, 5.41) is 0. The van der Waals surface area contributed by atoms with Crippen molar-refractivity contribution in [1.29, 1.82) is 0 Å². The molecule has 0 fully saturated rings. The van der Waals surface area contributed by atoms with Crippen LogP contribution in [-0.4, -0.2) is 12.6 Å². The zero-order valence-electron chi connectivity index (χ0n) is 9.47. The molecule has 0 aliphatic heterocycles. The Kier molecular flexibility index (Phi) is 4.11. The van der Waals surface area contributed by atoms with Gasteiger partial charge in [0.05, 0.1) is 17.7 Å². The van der Waals surface area contributed by atoms with Gasteiger partial charge in [-0.15, -0.1) is 0 Å². The molecule has 0 aliphatic carbocycles. The number of ether oxygens (including phenoxy) is 1. The molecule has 0 bridgehead atoms. The maximum Gasteiger partial charge on any atom is 0.417 e. The number of carbonyl (C=O) groups is 1. The smallest absolute Gasteiger partial charge is 0.417 e. The molecule has 98 valence electrons. The minimum absolute atomic E-state index is 0.00892. The number of esters is 1. The Morgan fingerprint density at radius 3 is 2.50 bits per heavy atom. The van der Waals surface area contributed by atoms with Crippen LogP contribution >= 0.6 is 0 Å². The van der Waals surface area contributed by atoms with Gasteiger partial charge < -0.3 is 4.74 Å². The Labute approximate surface area is 101 Å². The topological polar surface area (TPSA) is 26.3 Å². The molecule has 0 aromatic heterocycles. The molecule has 1 aromatic carbocycles. The van der Waals surface area contributed by atoms with Crippen LogP contribution in [0.4, 0.5) is 17.6 Å². The van der Waals surface area contributed by atoms with Crippen LogP contribution in [0.5, 0.6) is 0 Å². The lowest BCUT2D eigenvalue weighted by atomic mass is 10.0. The SMILES string of the molecule is C=Cc1c(F)cc(C(=O)OCC)cc1C(F)(F)F. The summed E-state index contributed by atoms with van der Waals surface area (Å²) < 4.78 is 56.0. The summed E-state index contributed by atoms with van der Waals surface area (Å²) in [5.41, 5.74) is -2.41. The number of halogens is 4. The van der Waals surface area contributed by atoms with Gasteiger partial charge in [0.1, 0.15) is 5.82 Å². The van der Waals surface area contributed by atoms with Crippen LogP contribution in [0.1, 0.15) is 28.4 Å². The van der Waals surface area contributed by atoms with E-state index in [2.05, 4.69) is 11.3 Å². The third-order valence-electron chi connectivity index (χ3n) is 2.15. The van der Waals surface area contributed by atoms with Crippen molar-refractivity contribution >= 4 is 12.0 Å². The number of hydrogen-bond donors (Lipinski definition) is 0. The van der Waals surface area contributed by atoms with Gasteiger partial charge >= 0.3 is 12.1 Å². The van der Waals surface area contributed by atoms with E-state index in [-0.39, 0.29) is 6.61 Å². The first-order valence-corrected chi connectivity index (χ1v) is 5.01. The highest BCUT2D eigenvalue weighted by molar-refractivity contribution is 5.90. The van der Waals surface area contributed by atoms with E-state index < -0.39 is 34.7 Å². The maximum atomic E-state index is 13.5. The molecule has 0 aliphatic rings. The molecular formula is C12H10F4O2. The van der Waals surface area contributed by atoms with Crippen LogP contribution in [0.15, 0.2) is 18.7 Å². The van der Waals surface area contributed by atoms with Crippen molar-refractivity contribution in [2.75, 3.05) is 6.61 Å². The molecule has 0 unspecified atom stereocenters. The summed E-state index contributed by atoms with van der Waals surface area (Å²) in [6.45, 7) is 4.61. The molecule has 0 radical (unpaired) electrons. The van der Waals surface area contributed by atoms with E-state index >= 15 is 0 Å². The number of carbonyl (C=O) groups excluding carboxylic acids is 1. The largest absolute Gasteiger partial charge is 0.462 e. The molecule has 1 rings (SSSR count). The van der Waals surface area contributed by atoms with Crippen LogP contribution in [-0.2, 0) is 10.9 Å². The second kappa shape index (κ2) is 5.20. The van der Waals surface area contributed by atoms with Crippen molar-refractivity contribution in [3.63, 3.8) is 0 Å². The Morgan fingerprint density at radius 1 is 1.44 bits per heavy atom. The molecule has 0 heterocycles. The fourth-order valence-corrected chi connectivity index (χ4v) is 1.39. The number of hydrogen-bond acceptors (Lipinski definition) is 2. The second-order valence-corrected chi connectivity index (χ2v) is 3.34. The van der Waals surface area contributed by atoms with Crippen molar-refractivity contribution in [2.45, 2.75) is 13.1 Å². The zero-order valence-corrected chi connectivity index (χ0v) is 9.47. The zero-order chi connectivity index (χ0) is 13.9. The van der Waals surface area contributed by atoms with Gasteiger partial charge in [-0.2, -0.15) is 13.2 Å². The average Bonchev–Trinajstić information content (AvgIpc) is 2.27. The lowest BCUT2D eigenvalue weighted by Crippen LogP contribution is -2.13. The van der Waals surface area contributed by atoms with E-state index in [1.165, 1.54) is 6.92 Å². The average molecular weight is 262 g/mol. The third kappa shape index (κ3) is 2.88. The van der Waals surface area contributed by atoms with Crippen LogP contribution in [0.3, 0.4) is 0 Å². The fraction of sp³-hybridized carbons (Fsp3) is 0.250. The fourth-order valence-electron chi connectivity index (χ4n) is 1.39. The normalized spacial score (nSPS) is 11.2. The lowest BCUT2D eigenvalue weighted by molar-refractivity contribution is -0.137. The van der Waals surface area contributed by atoms with Gasteiger partial charge in [-0.3, -0.25) is 0 Å². The van der Waals surface area contributed by atoms with Crippen LogP contribution in [0, 0.1) is 5.82 Å². The standard InChI is InChI=1S/C12H10F4O2/c1-3-8-9(12(14,15)16)5-7(6-10(8)13)11(17)18-4-2/h3,5-6H,1,4H2,2H3. The Bertz CT molecular complexity index is 478. The summed E-state index contributed by atoms with van der Waals surface area (Å²) in [4.78, 5) is 11.3. The van der Waals surface area contributed by atoms with E-state index in [0.29, 0.717) is 12.1 Å². The molecule has 0 N–H and O–H groups in total. The monoisotopic (exact) mass is 262 g/mol. The molecule has 18 heavy (non-hydrogen) atoms. The molecule has 2 nitrogen and oxygen atoms in total. The summed E-state index contributed by atoms with van der Waals surface area (Å²) in [6.07, 6.45) is -4.01. The predicted octanol–water partition coefficient (Wildman–Crippen LogP) is 3.66. The van der Waals surface area contributed by atoms with Gasteiger partial charge in [-0.25, -0.2) is 9.18 Å². The predicted molar refractivity (Wildman–Crippen MR) is 57.4 cm³/mol. The number of rotatable bonds is 3. The molecule has 1 aromatic rings. The van der Waals surface area contributed by atoms with Crippen molar-refractivity contribution in [3.05, 3.63) is 41.2 Å². The number of benzene rings is 1. The molecule has 0 spiro atoms. The van der Waals surface area contributed by atoms with E-state index in [1.54, 1.807) is 0 Å². The highest BCUT2D eigenvalue weighted by atomic mass is 19.4.